The highest BCUT2D eigenvalue weighted by atomic mass is 19.4. The summed E-state index contributed by atoms with van der Waals surface area (Å²) < 4.78 is 41.2. The van der Waals surface area contributed by atoms with E-state index < -0.39 is 17.6 Å². The van der Waals surface area contributed by atoms with Crippen LogP contribution in [0.5, 0.6) is 0 Å². The summed E-state index contributed by atoms with van der Waals surface area (Å²) in [6.45, 7) is 6.04. The lowest BCUT2D eigenvalue weighted by Crippen LogP contribution is -2.16. The van der Waals surface area contributed by atoms with Crippen LogP contribution in [0.3, 0.4) is 0 Å². The highest BCUT2D eigenvalue weighted by Gasteiger charge is 2.55. The molecule has 4 rings (SSSR count). The fourth-order valence-corrected chi connectivity index (χ4v) is 3.91. The number of alkyl halides is 3. The van der Waals surface area contributed by atoms with Crippen LogP contribution >= 0.6 is 0 Å². The number of nitrogen functional groups attached to an aromatic ring is 1. The molecule has 0 bridgehead atoms. The second-order valence-corrected chi connectivity index (χ2v) is 7.16. The average Bonchev–Trinajstić information content (AvgIpc) is 2.93. The van der Waals surface area contributed by atoms with Crippen LogP contribution in [0.25, 0.3) is 11.3 Å². The molecule has 2 aliphatic rings. The molecule has 5 nitrogen and oxygen atoms in total. The zero-order valence-corrected chi connectivity index (χ0v) is 14.0. The van der Waals surface area contributed by atoms with Gasteiger partial charge < -0.3 is 11.1 Å². The van der Waals surface area contributed by atoms with E-state index in [1.807, 2.05) is 24.6 Å². The summed E-state index contributed by atoms with van der Waals surface area (Å²) in [6.07, 6.45) is -3.17. The molecule has 2 fully saturated rings. The lowest BCUT2D eigenvalue weighted by molar-refractivity contribution is -0.137. The minimum absolute atomic E-state index is 0.141. The van der Waals surface area contributed by atoms with Crippen LogP contribution in [0.1, 0.15) is 37.1 Å². The van der Waals surface area contributed by atoms with Gasteiger partial charge in [0.05, 0.1) is 11.3 Å². The number of rotatable bonds is 3. The Kier molecular flexibility index (Phi) is 3.57. The van der Waals surface area contributed by atoms with E-state index in [-0.39, 0.29) is 6.04 Å². The van der Waals surface area contributed by atoms with Crippen LogP contribution in [0.4, 0.5) is 19.0 Å². The fraction of sp³-hybridized carbons (Fsp3) is 0.529. The summed E-state index contributed by atoms with van der Waals surface area (Å²) in [6, 6.07) is 3.09. The summed E-state index contributed by atoms with van der Waals surface area (Å²) in [5, 5.41) is 7.93. The lowest BCUT2D eigenvalue weighted by atomic mass is 10.1. The first-order valence-corrected chi connectivity index (χ1v) is 8.40. The average molecular weight is 351 g/mol. The zero-order valence-electron chi connectivity index (χ0n) is 14.0. The molecule has 134 valence electrons. The van der Waals surface area contributed by atoms with Crippen molar-refractivity contribution >= 4 is 5.82 Å². The Balaban J connectivity index is 1.74. The number of anilines is 1. The minimum Gasteiger partial charge on any atom is -0.383 e. The summed E-state index contributed by atoms with van der Waals surface area (Å²) in [5.41, 5.74) is 6.43. The Morgan fingerprint density at radius 3 is 2.52 bits per heavy atom. The summed E-state index contributed by atoms with van der Waals surface area (Å²) in [5.74, 6) is 1.14. The molecule has 3 N–H and O–H groups in total. The topological polar surface area (TPSA) is 68.8 Å². The van der Waals surface area contributed by atoms with Gasteiger partial charge in [0.1, 0.15) is 5.82 Å². The first-order valence-electron chi connectivity index (χ1n) is 8.40. The quantitative estimate of drug-likeness (QED) is 0.892. The Bertz CT molecular complexity index is 801. The van der Waals surface area contributed by atoms with Gasteiger partial charge in [-0.15, -0.1) is 0 Å². The predicted octanol–water partition coefficient (Wildman–Crippen LogP) is 3.06. The standard InChI is InChI=1S/C17H20F3N5/c1-8(2)25-14(15-10-6-22-7-11(10)15)4-13(24-25)9-3-12(17(18,19)20)16(21)23-5-9/h3-5,8,10-11,15,22H,6-7H2,1-2H3,(H2,21,23)/t10-,11+,15+. The van der Waals surface area contributed by atoms with Crippen molar-refractivity contribution in [2.75, 3.05) is 18.8 Å². The maximum Gasteiger partial charge on any atom is 0.419 e. The SMILES string of the molecule is CC(C)n1nc(-c2cnc(N)c(C(F)(F)F)c2)cc1[C@H]1[C@@H]2CNC[C@@H]21. The highest BCUT2D eigenvalue weighted by Crippen LogP contribution is 2.56. The minimum atomic E-state index is -4.53. The third kappa shape index (κ3) is 2.68. The van der Waals surface area contributed by atoms with Crippen LogP contribution in [0.15, 0.2) is 18.3 Å². The van der Waals surface area contributed by atoms with E-state index in [0.717, 1.165) is 24.8 Å². The second kappa shape index (κ2) is 5.45. The van der Waals surface area contributed by atoms with Gasteiger partial charge >= 0.3 is 6.18 Å². The molecule has 1 saturated carbocycles. The Morgan fingerprint density at radius 1 is 1.24 bits per heavy atom. The van der Waals surface area contributed by atoms with E-state index in [1.54, 1.807) is 0 Å². The number of nitrogens with zero attached hydrogens (tertiary/aromatic N) is 3. The van der Waals surface area contributed by atoms with E-state index in [4.69, 9.17) is 5.73 Å². The molecule has 25 heavy (non-hydrogen) atoms. The molecule has 0 unspecified atom stereocenters. The Labute approximate surface area is 143 Å². The van der Waals surface area contributed by atoms with Crippen LogP contribution in [-0.4, -0.2) is 27.9 Å². The van der Waals surface area contributed by atoms with Crippen molar-refractivity contribution in [3.8, 4) is 11.3 Å². The molecule has 3 atom stereocenters. The summed E-state index contributed by atoms with van der Waals surface area (Å²) in [7, 11) is 0. The number of halogens is 3. The van der Waals surface area contributed by atoms with E-state index >= 15 is 0 Å². The monoisotopic (exact) mass is 351 g/mol. The molecule has 0 aromatic carbocycles. The molecule has 3 heterocycles. The van der Waals surface area contributed by atoms with Gasteiger partial charge in [0, 0.05) is 29.4 Å². The number of hydrogen-bond acceptors (Lipinski definition) is 4. The van der Waals surface area contributed by atoms with Gasteiger partial charge in [-0.3, -0.25) is 4.68 Å². The number of pyridine rings is 1. The number of fused-ring (bicyclic) bond motifs is 1. The van der Waals surface area contributed by atoms with Gasteiger partial charge in [-0.2, -0.15) is 18.3 Å². The second-order valence-electron chi connectivity index (χ2n) is 7.16. The third-order valence-electron chi connectivity index (χ3n) is 5.21. The molecule has 1 aliphatic carbocycles. The van der Waals surface area contributed by atoms with Crippen molar-refractivity contribution in [1.82, 2.24) is 20.1 Å². The van der Waals surface area contributed by atoms with E-state index in [9.17, 15) is 13.2 Å². The lowest BCUT2D eigenvalue weighted by Gasteiger charge is -2.12. The van der Waals surface area contributed by atoms with Crippen LogP contribution in [0, 0.1) is 11.8 Å². The van der Waals surface area contributed by atoms with Crippen molar-refractivity contribution in [3.63, 3.8) is 0 Å². The van der Waals surface area contributed by atoms with Crippen LogP contribution in [-0.2, 0) is 6.18 Å². The molecule has 1 saturated heterocycles. The van der Waals surface area contributed by atoms with Crippen molar-refractivity contribution in [3.05, 3.63) is 29.6 Å². The van der Waals surface area contributed by atoms with Crippen LogP contribution < -0.4 is 11.1 Å². The first kappa shape index (κ1) is 16.4. The number of hydrogen-bond donors (Lipinski definition) is 2. The number of aromatic nitrogens is 3. The Hall–Kier alpha value is -2.09. The summed E-state index contributed by atoms with van der Waals surface area (Å²) in [4.78, 5) is 3.72. The van der Waals surface area contributed by atoms with Crippen molar-refractivity contribution in [1.29, 1.82) is 0 Å². The van der Waals surface area contributed by atoms with E-state index in [0.29, 0.717) is 29.0 Å². The molecular formula is C17H20F3N5. The fourth-order valence-electron chi connectivity index (χ4n) is 3.91. The molecule has 8 heteroatoms. The van der Waals surface area contributed by atoms with Gasteiger partial charge in [-0.05, 0) is 50.9 Å². The molecule has 0 amide bonds. The summed E-state index contributed by atoms with van der Waals surface area (Å²) >= 11 is 0. The number of nitrogens with two attached hydrogens (primary N) is 1. The smallest absolute Gasteiger partial charge is 0.383 e. The first-order chi connectivity index (χ1) is 11.8. The van der Waals surface area contributed by atoms with Gasteiger partial charge in [0.15, 0.2) is 0 Å². The largest absolute Gasteiger partial charge is 0.419 e. The molecule has 2 aromatic heterocycles. The molecule has 1 aliphatic heterocycles. The number of nitrogens with one attached hydrogen (secondary N) is 1. The van der Waals surface area contributed by atoms with E-state index in [2.05, 4.69) is 15.4 Å². The Morgan fingerprint density at radius 2 is 1.92 bits per heavy atom. The molecular weight excluding hydrogens is 331 g/mol. The van der Waals surface area contributed by atoms with Crippen molar-refractivity contribution in [2.24, 2.45) is 11.8 Å². The third-order valence-corrected chi connectivity index (χ3v) is 5.21. The van der Waals surface area contributed by atoms with Crippen LogP contribution in [0.2, 0.25) is 0 Å². The van der Waals surface area contributed by atoms with Gasteiger partial charge in [0.25, 0.3) is 0 Å². The molecule has 2 aromatic rings. The van der Waals surface area contributed by atoms with E-state index in [1.165, 1.54) is 6.20 Å². The van der Waals surface area contributed by atoms with Gasteiger partial charge in [-0.25, -0.2) is 4.98 Å². The van der Waals surface area contributed by atoms with Crippen molar-refractivity contribution in [2.45, 2.75) is 32.0 Å². The predicted molar refractivity (Wildman–Crippen MR) is 87.8 cm³/mol. The van der Waals surface area contributed by atoms with Gasteiger partial charge in [-0.1, -0.05) is 0 Å². The number of piperidine rings is 1. The maximum absolute atomic E-state index is 13.1. The highest BCUT2D eigenvalue weighted by molar-refractivity contribution is 5.63. The molecule has 0 radical (unpaired) electrons. The normalized spacial score (nSPS) is 25.4. The van der Waals surface area contributed by atoms with Crippen molar-refractivity contribution < 1.29 is 13.2 Å². The maximum atomic E-state index is 13.1. The van der Waals surface area contributed by atoms with Gasteiger partial charge in [0.2, 0.25) is 0 Å². The molecule has 0 spiro atoms. The zero-order chi connectivity index (χ0) is 17.9.